The van der Waals surface area contributed by atoms with Crippen molar-refractivity contribution in [3.8, 4) is 5.88 Å². The van der Waals surface area contributed by atoms with Crippen LogP contribution in [0.5, 0.6) is 5.88 Å². The third-order valence-electron chi connectivity index (χ3n) is 3.02. The van der Waals surface area contributed by atoms with Crippen molar-refractivity contribution in [3.63, 3.8) is 0 Å². The first kappa shape index (κ1) is 15.0. The molecule has 0 bridgehead atoms. The van der Waals surface area contributed by atoms with Gasteiger partial charge in [-0.15, -0.1) is 0 Å². The number of nitrogens with zero attached hydrogens (tertiary/aromatic N) is 2. The molecule has 0 aliphatic rings. The van der Waals surface area contributed by atoms with Crippen molar-refractivity contribution in [3.05, 3.63) is 47.7 Å². The summed E-state index contributed by atoms with van der Waals surface area (Å²) in [5.41, 5.74) is 2.23. The molecule has 1 heterocycles. The molecular formula is C15H17F2N3O. The Bertz CT molecular complexity index is 632. The standard InChI is InChI=1S/C15H17F2N3O/c1-20(2)13-6-7-18-15(21-3)14(13)19-9-10-4-5-11(16)12(17)8-10/h4-8,19H,9H2,1-3H3. The normalized spacial score (nSPS) is 10.3. The van der Waals surface area contributed by atoms with Crippen molar-refractivity contribution in [2.75, 3.05) is 31.4 Å². The Morgan fingerprint density at radius 1 is 1.19 bits per heavy atom. The van der Waals surface area contributed by atoms with E-state index >= 15 is 0 Å². The van der Waals surface area contributed by atoms with Gasteiger partial charge in [0.25, 0.3) is 0 Å². The van der Waals surface area contributed by atoms with E-state index in [-0.39, 0.29) is 0 Å². The lowest BCUT2D eigenvalue weighted by Gasteiger charge is -2.20. The number of nitrogens with one attached hydrogen (secondary N) is 1. The number of rotatable bonds is 5. The SMILES string of the molecule is COc1nccc(N(C)C)c1NCc1ccc(F)c(F)c1. The molecule has 0 aliphatic carbocycles. The highest BCUT2D eigenvalue weighted by Gasteiger charge is 2.12. The number of benzene rings is 1. The topological polar surface area (TPSA) is 37.4 Å². The highest BCUT2D eigenvalue weighted by Crippen LogP contribution is 2.32. The second-order valence-corrected chi connectivity index (χ2v) is 4.71. The molecule has 4 nitrogen and oxygen atoms in total. The molecule has 0 aliphatic heterocycles. The molecule has 0 atom stereocenters. The summed E-state index contributed by atoms with van der Waals surface area (Å²) < 4.78 is 31.4. The minimum atomic E-state index is -0.861. The van der Waals surface area contributed by atoms with E-state index in [1.165, 1.54) is 19.2 Å². The maximum Gasteiger partial charge on any atom is 0.239 e. The smallest absolute Gasteiger partial charge is 0.239 e. The predicted octanol–water partition coefficient (Wildman–Crippen LogP) is 3.05. The average Bonchev–Trinajstić information content (AvgIpc) is 2.48. The number of hydrogen-bond acceptors (Lipinski definition) is 4. The Kier molecular flexibility index (Phi) is 4.57. The van der Waals surface area contributed by atoms with Gasteiger partial charge in [0.1, 0.15) is 5.69 Å². The summed E-state index contributed by atoms with van der Waals surface area (Å²) in [7, 11) is 5.33. The molecule has 0 spiro atoms. The van der Waals surface area contributed by atoms with Crippen LogP contribution < -0.4 is 15.0 Å². The van der Waals surface area contributed by atoms with E-state index in [1.54, 1.807) is 6.20 Å². The highest BCUT2D eigenvalue weighted by atomic mass is 19.2. The predicted molar refractivity (Wildman–Crippen MR) is 78.8 cm³/mol. The summed E-state index contributed by atoms with van der Waals surface area (Å²) in [4.78, 5) is 6.05. The summed E-state index contributed by atoms with van der Waals surface area (Å²) in [6.45, 7) is 0.333. The fraction of sp³-hybridized carbons (Fsp3) is 0.267. The quantitative estimate of drug-likeness (QED) is 0.919. The minimum absolute atomic E-state index is 0.333. The largest absolute Gasteiger partial charge is 0.479 e. The third-order valence-corrected chi connectivity index (χ3v) is 3.02. The van der Waals surface area contributed by atoms with Gasteiger partial charge in [0.15, 0.2) is 11.6 Å². The second-order valence-electron chi connectivity index (χ2n) is 4.71. The molecule has 0 unspecified atom stereocenters. The number of pyridine rings is 1. The molecule has 2 rings (SSSR count). The molecule has 1 N–H and O–H groups in total. The molecule has 21 heavy (non-hydrogen) atoms. The van der Waals surface area contributed by atoms with Crippen molar-refractivity contribution in [2.45, 2.75) is 6.54 Å². The van der Waals surface area contributed by atoms with Crippen LogP contribution in [0.25, 0.3) is 0 Å². The zero-order valence-corrected chi connectivity index (χ0v) is 12.2. The molecule has 0 fully saturated rings. The Morgan fingerprint density at radius 2 is 1.95 bits per heavy atom. The number of halogens is 2. The third kappa shape index (κ3) is 3.39. The molecule has 112 valence electrons. The summed E-state index contributed by atoms with van der Waals surface area (Å²) in [6, 6.07) is 5.65. The van der Waals surface area contributed by atoms with Crippen molar-refractivity contribution < 1.29 is 13.5 Å². The van der Waals surface area contributed by atoms with Crippen LogP contribution in [0.1, 0.15) is 5.56 Å². The first-order valence-electron chi connectivity index (χ1n) is 6.41. The molecule has 0 amide bonds. The van der Waals surface area contributed by atoms with Gasteiger partial charge in [0.2, 0.25) is 5.88 Å². The van der Waals surface area contributed by atoms with E-state index in [2.05, 4.69) is 10.3 Å². The van der Waals surface area contributed by atoms with Crippen LogP contribution in [0.2, 0.25) is 0 Å². The molecule has 1 aromatic carbocycles. The maximum absolute atomic E-state index is 13.2. The monoisotopic (exact) mass is 293 g/mol. The van der Waals surface area contributed by atoms with Crippen LogP contribution in [0.3, 0.4) is 0 Å². The fourth-order valence-electron chi connectivity index (χ4n) is 1.97. The summed E-state index contributed by atoms with van der Waals surface area (Å²) in [6.07, 6.45) is 1.65. The Hall–Kier alpha value is -2.37. The van der Waals surface area contributed by atoms with Gasteiger partial charge >= 0.3 is 0 Å². The summed E-state index contributed by atoms with van der Waals surface area (Å²) >= 11 is 0. The molecular weight excluding hydrogens is 276 g/mol. The van der Waals surface area contributed by atoms with Crippen molar-refractivity contribution in [1.29, 1.82) is 0 Å². The van der Waals surface area contributed by atoms with Gasteiger partial charge in [0.05, 0.1) is 12.8 Å². The first-order chi connectivity index (χ1) is 10.0. The van der Waals surface area contributed by atoms with Gasteiger partial charge in [-0.05, 0) is 23.8 Å². The molecule has 2 aromatic rings. The number of hydrogen-bond donors (Lipinski definition) is 1. The molecule has 0 saturated heterocycles. The molecule has 6 heteroatoms. The summed E-state index contributed by atoms with van der Waals surface area (Å²) in [5.74, 6) is -1.27. The van der Waals surface area contributed by atoms with Crippen LogP contribution in [0.15, 0.2) is 30.5 Å². The Labute approximate surface area is 122 Å². The van der Waals surface area contributed by atoms with E-state index in [4.69, 9.17) is 4.74 Å². The van der Waals surface area contributed by atoms with Crippen LogP contribution in [-0.4, -0.2) is 26.2 Å². The van der Waals surface area contributed by atoms with Gasteiger partial charge in [-0.25, -0.2) is 13.8 Å². The van der Waals surface area contributed by atoms with Gasteiger partial charge in [0, 0.05) is 26.8 Å². The van der Waals surface area contributed by atoms with Crippen LogP contribution in [0, 0.1) is 11.6 Å². The first-order valence-corrected chi connectivity index (χ1v) is 6.41. The maximum atomic E-state index is 13.2. The lowest BCUT2D eigenvalue weighted by Crippen LogP contribution is -2.13. The van der Waals surface area contributed by atoms with E-state index in [9.17, 15) is 8.78 Å². The molecule has 0 radical (unpaired) electrons. The van der Waals surface area contributed by atoms with Gasteiger partial charge in [-0.3, -0.25) is 0 Å². The number of anilines is 2. The molecule has 0 saturated carbocycles. The van der Waals surface area contributed by atoms with Crippen molar-refractivity contribution in [2.24, 2.45) is 0 Å². The lowest BCUT2D eigenvalue weighted by molar-refractivity contribution is 0.400. The van der Waals surface area contributed by atoms with Crippen LogP contribution in [-0.2, 0) is 6.54 Å². The van der Waals surface area contributed by atoms with Crippen molar-refractivity contribution in [1.82, 2.24) is 4.98 Å². The van der Waals surface area contributed by atoms with E-state index in [0.29, 0.717) is 23.7 Å². The Morgan fingerprint density at radius 3 is 2.57 bits per heavy atom. The van der Waals surface area contributed by atoms with Crippen LogP contribution in [0.4, 0.5) is 20.2 Å². The van der Waals surface area contributed by atoms with E-state index in [1.807, 2.05) is 25.1 Å². The Balaban J connectivity index is 2.24. The zero-order valence-electron chi connectivity index (χ0n) is 12.2. The van der Waals surface area contributed by atoms with Gasteiger partial charge in [-0.1, -0.05) is 6.07 Å². The number of aromatic nitrogens is 1. The van der Waals surface area contributed by atoms with Crippen molar-refractivity contribution >= 4 is 11.4 Å². The highest BCUT2D eigenvalue weighted by molar-refractivity contribution is 5.74. The zero-order chi connectivity index (χ0) is 15.4. The van der Waals surface area contributed by atoms with E-state index < -0.39 is 11.6 Å². The minimum Gasteiger partial charge on any atom is -0.479 e. The number of ether oxygens (including phenoxy) is 1. The second kappa shape index (κ2) is 6.39. The van der Waals surface area contributed by atoms with Gasteiger partial charge in [-0.2, -0.15) is 0 Å². The summed E-state index contributed by atoms with van der Waals surface area (Å²) in [5, 5.41) is 3.16. The van der Waals surface area contributed by atoms with E-state index in [0.717, 1.165) is 11.8 Å². The molecule has 1 aromatic heterocycles. The van der Waals surface area contributed by atoms with Crippen LogP contribution >= 0.6 is 0 Å². The lowest BCUT2D eigenvalue weighted by atomic mass is 10.2. The average molecular weight is 293 g/mol. The number of methoxy groups -OCH3 is 1. The van der Waals surface area contributed by atoms with Gasteiger partial charge < -0.3 is 15.0 Å². The fourth-order valence-corrected chi connectivity index (χ4v) is 1.97.